The quantitative estimate of drug-likeness (QED) is 0.435. The van der Waals surface area contributed by atoms with Crippen molar-refractivity contribution in [3.63, 3.8) is 0 Å². The Morgan fingerprint density at radius 3 is 2.33 bits per heavy atom. The molecule has 6 heteroatoms. The summed E-state index contributed by atoms with van der Waals surface area (Å²) < 4.78 is 0. The van der Waals surface area contributed by atoms with E-state index >= 15 is 0 Å². The highest BCUT2D eigenvalue weighted by Crippen LogP contribution is 2.32. The third-order valence-electron chi connectivity index (χ3n) is 1.02. The van der Waals surface area contributed by atoms with Crippen molar-refractivity contribution in [2.45, 2.75) is 4.90 Å². The highest BCUT2D eigenvalue weighted by Gasteiger charge is 2.07. The highest BCUT2D eigenvalue weighted by molar-refractivity contribution is 8.13. The molecular weight excluding hydrogens is 217 g/mol. The second kappa shape index (κ2) is 3.98. The Bertz CT molecular complexity index is 295. The summed E-state index contributed by atoms with van der Waals surface area (Å²) in [5, 5.41) is 7.79. The summed E-state index contributed by atoms with van der Waals surface area (Å²) in [4.78, 5) is 4.33. The molecule has 0 saturated carbocycles. The third kappa shape index (κ3) is 2.27. The first-order chi connectivity index (χ1) is 5.61. The second-order valence-corrected chi connectivity index (χ2v) is 3.77. The summed E-state index contributed by atoms with van der Waals surface area (Å²) in [5.74, 6) is 0. The largest absolute Gasteiger partial charge is 0.378 e. The minimum absolute atomic E-state index is 0.0509. The molecule has 0 spiro atoms. The maximum atomic E-state index is 7.03. The van der Waals surface area contributed by atoms with E-state index in [4.69, 9.17) is 34.3 Å². The molecule has 0 atom stereocenters. The summed E-state index contributed by atoms with van der Waals surface area (Å²) in [6.07, 6.45) is 2.91. The molecule has 0 aromatic carbocycles. The first-order valence-corrected chi connectivity index (χ1v) is 4.49. The van der Waals surface area contributed by atoms with Crippen LogP contribution in [0.3, 0.4) is 0 Å². The van der Waals surface area contributed by atoms with Crippen molar-refractivity contribution in [2.75, 3.05) is 0 Å². The van der Waals surface area contributed by atoms with Gasteiger partial charge < -0.3 is 5.73 Å². The van der Waals surface area contributed by atoms with Gasteiger partial charge in [0.25, 0.3) is 0 Å². The van der Waals surface area contributed by atoms with Crippen LogP contribution in [0.5, 0.6) is 0 Å². The van der Waals surface area contributed by atoms with Crippen LogP contribution in [-0.2, 0) is 0 Å². The molecular formula is C6H5Cl2N3S. The van der Waals surface area contributed by atoms with Crippen LogP contribution in [0, 0.1) is 5.41 Å². The fraction of sp³-hybridized carbons (Fsp3) is 0. The van der Waals surface area contributed by atoms with E-state index in [9.17, 15) is 0 Å². The lowest BCUT2D eigenvalue weighted by molar-refractivity contribution is 1.26. The monoisotopic (exact) mass is 221 g/mol. The van der Waals surface area contributed by atoms with Gasteiger partial charge in [-0.05, 0) is 11.8 Å². The van der Waals surface area contributed by atoms with Crippen LogP contribution >= 0.6 is 35.0 Å². The van der Waals surface area contributed by atoms with Crippen LogP contribution in [0.15, 0.2) is 17.3 Å². The van der Waals surface area contributed by atoms with Gasteiger partial charge in [-0.3, -0.25) is 10.4 Å². The summed E-state index contributed by atoms with van der Waals surface area (Å²) in [7, 11) is 0. The van der Waals surface area contributed by atoms with Crippen molar-refractivity contribution in [3.8, 4) is 0 Å². The zero-order chi connectivity index (χ0) is 9.14. The molecule has 0 aliphatic rings. The lowest BCUT2D eigenvalue weighted by Crippen LogP contribution is -2.03. The first kappa shape index (κ1) is 9.64. The van der Waals surface area contributed by atoms with Gasteiger partial charge in [0.05, 0.1) is 14.9 Å². The molecule has 0 saturated heterocycles. The lowest BCUT2D eigenvalue weighted by atomic mass is 10.5. The lowest BCUT2D eigenvalue weighted by Gasteiger charge is -2.02. The number of thioether (sulfide) groups is 1. The number of nitrogens with one attached hydrogen (secondary N) is 1. The van der Waals surface area contributed by atoms with Crippen LogP contribution in [0.4, 0.5) is 0 Å². The summed E-state index contributed by atoms with van der Waals surface area (Å²) in [6, 6.07) is 0. The Balaban J connectivity index is 3.04. The van der Waals surface area contributed by atoms with Crippen molar-refractivity contribution in [2.24, 2.45) is 5.73 Å². The molecule has 0 fully saturated rings. The molecule has 3 N–H and O–H groups in total. The Hall–Kier alpha value is -0.450. The van der Waals surface area contributed by atoms with Crippen molar-refractivity contribution in [1.29, 1.82) is 5.41 Å². The molecule has 0 bridgehead atoms. The summed E-state index contributed by atoms with van der Waals surface area (Å²) >= 11 is 12.5. The molecule has 3 nitrogen and oxygen atoms in total. The van der Waals surface area contributed by atoms with E-state index < -0.39 is 0 Å². The maximum absolute atomic E-state index is 7.03. The number of nitrogens with two attached hydrogens (primary N) is 1. The van der Waals surface area contributed by atoms with Gasteiger partial charge in [-0.2, -0.15) is 0 Å². The minimum atomic E-state index is -0.0509. The molecule has 0 aliphatic carbocycles. The van der Waals surface area contributed by atoms with E-state index in [1.807, 2.05) is 0 Å². The molecule has 1 rings (SSSR count). The van der Waals surface area contributed by atoms with E-state index in [0.717, 1.165) is 11.8 Å². The number of nitrogens with zero attached hydrogens (tertiary/aromatic N) is 1. The van der Waals surface area contributed by atoms with Gasteiger partial charge in [0.1, 0.15) is 0 Å². The summed E-state index contributed by atoms with van der Waals surface area (Å²) in [5.41, 5.74) is 5.17. The van der Waals surface area contributed by atoms with Crippen molar-refractivity contribution < 1.29 is 0 Å². The van der Waals surface area contributed by atoms with Gasteiger partial charge in [-0.25, -0.2) is 0 Å². The molecule has 1 heterocycles. The Kier molecular flexibility index (Phi) is 3.20. The fourth-order valence-electron chi connectivity index (χ4n) is 0.607. The zero-order valence-electron chi connectivity index (χ0n) is 5.84. The zero-order valence-corrected chi connectivity index (χ0v) is 8.17. The van der Waals surface area contributed by atoms with Gasteiger partial charge in [0, 0.05) is 12.4 Å². The fourth-order valence-corrected chi connectivity index (χ4v) is 1.72. The van der Waals surface area contributed by atoms with E-state index in [0.29, 0.717) is 14.9 Å². The van der Waals surface area contributed by atoms with Crippen LogP contribution < -0.4 is 5.73 Å². The van der Waals surface area contributed by atoms with Gasteiger partial charge in [0.2, 0.25) is 0 Å². The third-order valence-corrected chi connectivity index (χ3v) is 2.68. The van der Waals surface area contributed by atoms with Crippen molar-refractivity contribution in [3.05, 3.63) is 22.4 Å². The van der Waals surface area contributed by atoms with Crippen molar-refractivity contribution >= 4 is 40.1 Å². The average Bonchev–Trinajstić information content (AvgIpc) is 1.97. The van der Waals surface area contributed by atoms with Crippen LogP contribution in [0.25, 0.3) is 0 Å². The molecule has 1 aromatic heterocycles. The van der Waals surface area contributed by atoms with E-state index in [-0.39, 0.29) is 5.17 Å². The first-order valence-electron chi connectivity index (χ1n) is 2.92. The highest BCUT2D eigenvalue weighted by atomic mass is 35.5. The van der Waals surface area contributed by atoms with Crippen molar-refractivity contribution in [1.82, 2.24) is 4.98 Å². The predicted molar refractivity (Wildman–Crippen MR) is 52.0 cm³/mol. The normalized spacial score (nSPS) is 9.83. The maximum Gasteiger partial charge on any atom is 0.156 e. The number of amidine groups is 1. The Morgan fingerprint density at radius 2 is 1.92 bits per heavy atom. The standard InChI is InChI=1S/C6H5Cl2N3S/c7-3-1-11-2-4(8)5(3)12-6(9)10/h1-2H,(H3,9,10). The summed E-state index contributed by atoms with van der Waals surface area (Å²) in [6.45, 7) is 0. The van der Waals surface area contributed by atoms with Gasteiger partial charge in [-0.1, -0.05) is 23.2 Å². The number of halogens is 2. The molecule has 0 aliphatic heterocycles. The number of rotatable bonds is 1. The molecule has 12 heavy (non-hydrogen) atoms. The topological polar surface area (TPSA) is 62.8 Å². The minimum Gasteiger partial charge on any atom is -0.378 e. The molecule has 0 radical (unpaired) electrons. The van der Waals surface area contributed by atoms with E-state index in [1.54, 1.807) is 0 Å². The van der Waals surface area contributed by atoms with E-state index in [1.165, 1.54) is 12.4 Å². The van der Waals surface area contributed by atoms with E-state index in [2.05, 4.69) is 4.98 Å². The Labute approximate surface area is 83.8 Å². The van der Waals surface area contributed by atoms with Crippen LogP contribution in [-0.4, -0.2) is 10.2 Å². The molecule has 64 valence electrons. The number of hydrogen-bond donors (Lipinski definition) is 2. The Morgan fingerprint density at radius 1 is 1.42 bits per heavy atom. The predicted octanol–water partition coefficient (Wildman–Crippen LogP) is 2.37. The number of pyridine rings is 1. The number of aromatic nitrogens is 1. The van der Waals surface area contributed by atoms with Gasteiger partial charge in [-0.15, -0.1) is 0 Å². The molecule has 0 unspecified atom stereocenters. The number of hydrogen-bond acceptors (Lipinski definition) is 3. The second-order valence-electron chi connectivity index (χ2n) is 1.90. The average molecular weight is 222 g/mol. The van der Waals surface area contributed by atoms with Gasteiger partial charge >= 0.3 is 0 Å². The van der Waals surface area contributed by atoms with Crippen LogP contribution in [0.1, 0.15) is 0 Å². The SMILES string of the molecule is N=C(N)Sc1c(Cl)cncc1Cl. The molecule has 1 aromatic rings. The van der Waals surface area contributed by atoms with Gasteiger partial charge in [0.15, 0.2) is 5.17 Å². The smallest absolute Gasteiger partial charge is 0.156 e. The molecule has 0 amide bonds. The van der Waals surface area contributed by atoms with Crippen LogP contribution in [0.2, 0.25) is 10.0 Å².